The molecule has 30 heavy (non-hydrogen) atoms. The summed E-state index contributed by atoms with van der Waals surface area (Å²) in [4.78, 5) is 9.84. The van der Waals surface area contributed by atoms with E-state index < -0.39 is 0 Å². The molecule has 3 aromatic carbocycles. The Bertz CT molecular complexity index is 1200. The number of terminal acetylenes is 1. The minimum absolute atomic E-state index is 0.596. The highest BCUT2D eigenvalue weighted by molar-refractivity contribution is 9.10. The van der Waals surface area contributed by atoms with Crippen LogP contribution < -0.4 is 10.1 Å². The van der Waals surface area contributed by atoms with Crippen molar-refractivity contribution in [2.75, 3.05) is 17.7 Å². The zero-order valence-corrected chi connectivity index (χ0v) is 18.4. The maximum absolute atomic E-state index is 5.83. The van der Waals surface area contributed by atoms with E-state index in [0.29, 0.717) is 6.61 Å². The largest absolute Gasteiger partial charge is 0.493 e. The number of anilines is 2. The van der Waals surface area contributed by atoms with E-state index in [1.807, 2.05) is 66.7 Å². The van der Waals surface area contributed by atoms with Crippen LogP contribution in [0.2, 0.25) is 0 Å². The standard InChI is InChI=1S/C24H18BrN3OS/c1-2-17-7-12-23(30-14-13-29-19-10-8-18(25)9-11-19)22(15-17)28-24-20-5-3-4-6-21(20)26-16-27-24/h1,3-12,15-16H,13-14H2,(H,26,27,28). The highest BCUT2D eigenvalue weighted by atomic mass is 79.9. The third-order valence-electron chi connectivity index (χ3n) is 4.37. The molecule has 148 valence electrons. The fourth-order valence-corrected chi connectivity index (χ4v) is 4.00. The Labute approximate surface area is 188 Å². The van der Waals surface area contributed by atoms with Gasteiger partial charge in [0.25, 0.3) is 0 Å². The molecule has 1 N–H and O–H groups in total. The van der Waals surface area contributed by atoms with Gasteiger partial charge in [-0.1, -0.05) is 34.0 Å². The number of halogens is 1. The lowest BCUT2D eigenvalue weighted by molar-refractivity contribution is 0.344. The summed E-state index contributed by atoms with van der Waals surface area (Å²) < 4.78 is 6.86. The predicted molar refractivity (Wildman–Crippen MR) is 128 cm³/mol. The van der Waals surface area contributed by atoms with Gasteiger partial charge in [-0.15, -0.1) is 18.2 Å². The van der Waals surface area contributed by atoms with E-state index in [-0.39, 0.29) is 0 Å². The summed E-state index contributed by atoms with van der Waals surface area (Å²) >= 11 is 5.13. The predicted octanol–water partition coefficient (Wildman–Crippen LogP) is 6.29. The summed E-state index contributed by atoms with van der Waals surface area (Å²) in [7, 11) is 0. The Balaban J connectivity index is 1.49. The quantitative estimate of drug-likeness (QED) is 0.193. The average Bonchev–Trinajstić information content (AvgIpc) is 2.79. The van der Waals surface area contributed by atoms with Gasteiger partial charge in [0.05, 0.1) is 17.8 Å². The summed E-state index contributed by atoms with van der Waals surface area (Å²) in [6, 6.07) is 21.7. The van der Waals surface area contributed by atoms with Gasteiger partial charge in [-0.05, 0) is 54.6 Å². The van der Waals surface area contributed by atoms with E-state index in [2.05, 4.69) is 37.1 Å². The van der Waals surface area contributed by atoms with Gasteiger partial charge in [0.15, 0.2) is 0 Å². The van der Waals surface area contributed by atoms with Crippen molar-refractivity contribution in [2.45, 2.75) is 4.90 Å². The Hall–Kier alpha value is -3.01. The molecule has 0 bridgehead atoms. The van der Waals surface area contributed by atoms with E-state index in [1.54, 1.807) is 18.1 Å². The minimum Gasteiger partial charge on any atom is -0.493 e. The number of nitrogens with zero attached hydrogens (tertiary/aromatic N) is 2. The number of para-hydroxylation sites is 1. The van der Waals surface area contributed by atoms with Gasteiger partial charge in [0.1, 0.15) is 17.9 Å². The first-order chi connectivity index (χ1) is 14.7. The third kappa shape index (κ3) is 4.93. The van der Waals surface area contributed by atoms with Gasteiger partial charge in [-0.3, -0.25) is 0 Å². The van der Waals surface area contributed by atoms with Gasteiger partial charge in [-0.2, -0.15) is 0 Å². The first-order valence-corrected chi connectivity index (χ1v) is 11.1. The molecule has 0 fully saturated rings. The molecule has 0 aliphatic carbocycles. The van der Waals surface area contributed by atoms with Gasteiger partial charge >= 0.3 is 0 Å². The van der Waals surface area contributed by atoms with Crippen molar-refractivity contribution in [1.29, 1.82) is 0 Å². The summed E-state index contributed by atoms with van der Waals surface area (Å²) in [6.07, 6.45) is 7.18. The fourth-order valence-electron chi connectivity index (χ4n) is 2.92. The molecule has 0 atom stereocenters. The van der Waals surface area contributed by atoms with Crippen LogP contribution in [0.4, 0.5) is 11.5 Å². The molecular weight excluding hydrogens is 458 g/mol. The first kappa shape index (κ1) is 20.3. The maximum Gasteiger partial charge on any atom is 0.141 e. The molecule has 4 aromatic rings. The fraction of sp³-hybridized carbons (Fsp3) is 0.0833. The molecule has 0 aliphatic heterocycles. The molecule has 1 heterocycles. The number of benzene rings is 3. The van der Waals surface area contributed by atoms with Crippen LogP contribution >= 0.6 is 27.7 Å². The number of fused-ring (bicyclic) bond motifs is 1. The second kappa shape index (κ2) is 9.66. The number of nitrogens with one attached hydrogen (secondary N) is 1. The Morgan fingerprint density at radius 3 is 2.70 bits per heavy atom. The van der Waals surface area contributed by atoms with Crippen molar-refractivity contribution in [2.24, 2.45) is 0 Å². The van der Waals surface area contributed by atoms with Gasteiger partial charge in [0, 0.05) is 26.1 Å². The van der Waals surface area contributed by atoms with Crippen molar-refractivity contribution >= 4 is 50.1 Å². The van der Waals surface area contributed by atoms with Crippen LogP contribution in [0.5, 0.6) is 5.75 Å². The molecule has 1 aromatic heterocycles. The number of rotatable bonds is 7. The highest BCUT2D eigenvalue weighted by Crippen LogP contribution is 2.32. The van der Waals surface area contributed by atoms with Gasteiger partial charge in [0.2, 0.25) is 0 Å². The van der Waals surface area contributed by atoms with Crippen molar-refractivity contribution in [3.05, 3.63) is 83.1 Å². The van der Waals surface area contributed by atoms with Crippen molar-refractivity contribution in [3.8, 4) is 18.1 Å². The maximum atomic E-state index is 5.83. The van der Waals surface area contributed by atoms with Crippen molar-refractivity contribution in [3.63, 3.8) is 0 Å². The summed E-state index contributed by atoms with van der Waals surface area (Å²) in [5, 5.41) is 4.40. The molecule has 0 spiro atoms. The first-order valence-electron chi connectivity index (χ1n) is 9.31. The number of hydrogen-bond donors (Lipinski definition) is 1. The molecule has 4 rings (SSSR count). The zero-order valence-electron chi connectivity index (χ0n) is 16.0. The molecule has 0 aliphatic rings. The smallest absolute Gasteiger partial charge is 0.141 e. The van der Waals surface area contributed by atoms with Crippen LogP contribution in [0.25, 0.3) is 10.9 Å². The van der Waals surface area contributed by atoms with Gasteiger partial charge < -0.3 is 10.1 Å². The van der Waals surface area contributed by atoms with Crippen molar-refractivity contribution < 1.29 is 4.74 Å². The van der Waals surface area contributed by atoms with Crippen LogP contribution in [-0.2, 0) is 0 Å². The average molecular weight is 476 g/mol. The topological polar surface area (TPSA) is 47.0 Å². The molecule has 0 saturated heterocycles. The normalized spacial score (nSPS) is 10.5. The summed E-state index contributed by atoms with van der Waals surface area (Å²) in [5.74, 6) is 5.10. The number of thioether (sulfide) groups is 1. The second-order valence-corrected chi connectivity index (χ2v) is 8.42. The summed E-state index contributed by atoms with van der Waals surface area (Å²) in [5.41, 5.74) is 2.62. The summed E-state index contributed by atoms with van der Waals surface area (Å²) in [6.45, 7) is 0.596. The number of aromatic nitrogens is 2. The minimum atomic E-state index is 0.596. The molecule has 0 radical (unpaired) electrons. The lowest BCUT2D eigenvalue weighted by atomic mass is 10.2. The molecule has 0 saturated carbocycles. The lowest BCUT2D eigenvalue weighted by Gasteiger charge is -2.13. The van der Waals surface area contributed by atoms with E-state index in [9.17, 15) is 0 Å². The van der Waals surface area contributed by atoms with E-state index in [0.717, 1.165) is 48.8 Å². The van der Waals surface area contributed by atoms with Crippen LogP contribution in [0, 0.1) is 12.3 Å². The van der Waals surface area contributed by atoms with Crippen molar-refractivity contribution in [1.82, 2.24) is 9.97 Å². The Kier molecular flexibility index (Phi) is 6.53. The number of hydrogen-bond acceptors (Lipinski definition) is 5. The van der Waals surface area contributed by atoms with E-state index in [1.165, 1.54) is 0 Å². The van der Waals surface area contributed by atoms with Gasteiger partial charge in [-0.25, -0.2) is 9.97 Å². The van der Waals surface area contributed by atoms with Crippen LogP contribution in [0.1, 0.15) is 5.56 Å². The molecule has 6 heteroatoms. The van der Waals surface area contributed by atoms with Crippen LogP contribution in [0.15, 0.2) is 82.4 Å². The lowest BCUT2D eigenvalue weighted by Crippen LogP contribution is -2.01. The second-order valence-electron chi connectivity index (χ2n) is 6.37. The third-order valence-corrected chi connectivity index (χ3v) is 5.93. The van der Waals surface area contributed by atoms with E-state index in [4.69, 9.17) is 11.2 Å². The van der Waals surface area contributed by atoms with Crippen LogP contribution in [-0.4, -0.2) is 22.3 Å². The van der Waals surface area contributed by atoms with Crippen LogP contribution in [0.3, 0.4) is 0 Å². The van der Waals surface area contributed by atoms with E-state index >= 15 is 0 Å². The number of ether oxygens (including phenoxy) is 1. The SMILES string of the molecule is C#Cc1ccc(SCCOc2ccc(Br)cc2)c(Nc2ncnc3ccccc23)c1. The molecule has 0 unspecified atom stereocenters. The highest BCUT2D eigenvalue weighted by Gasteiger charge is 2.09. The Morgan fingerprint density at radius 1 is 1.03 bits per heavy atom. The molecular formula is C24H18BrN3OS. The monoisotopic (exact) mass is 475 g/mol. The molecule has 4 nitrogen and oxygen atoms in total. The molecule has 0 amide bonds. The zero-order chi connectivity index (χ0) is 20.8. The Morgan fingerprint density at radius 2 is 1.87 bits per heavy atom.